The maximum absolute atomic E-state index is 6.86. The van der Waals surface area contributed by atoms with Crippen molar-refractivity contribution < 1.29 is 4.11 Å². The normalized spacial score (nSPS) is 26.5. The Morgan fingerprint density at radius 1 is 1.22 bits per heavy atom. The van der Waals surface area contributed by atoms with Gasteiger partial charge in [-0.2, -0.15) is 21.7 Å². The van der Waals surface area contributed by atoms with Crippen LogP contribution in [0.2, 0.25) is 0 Å². The van der Waals surface area contributed by atoms with Crippen LogP contribution in [0.25, 0.3) is 5.57 Å². The quantitative estimate of drug-likeness (QED) is 0.772. The highest BCUT2D eigenvalue weighted by Crippen LogP contribution is 2.39. The highest BCUT2D eigenvalue weighted by Gasteiger charge is 2.50. The molecule has 1 aromatic rings. The number of quaternary nitrogens is 1. The fourth-order valence-electron chi connectivity index (χ4n) is 3.07. The summed E-state index contributed by atoms with van der Waals surface area (Å²) in [4.78, 5) is 11.0. The van der Waals surface area contributed by atoms with E-state index < -0.39 is 0 Å². The number of hydrogen-bond acceptors (Lipinski definition) is 5. The summed E-state index contributed by atoms with van der Waals surface area (Å²) in [5.74, 6) is 3.66. The van der Waals surface area contributed by atoms with Crippen LogP contribution < -0.4 is 0 Å². The number of fused-ring (bicyclic) bond motifs is 1. The molecule has 3 heterocycles. The summed E-state index contributed by atoms with van der Waals surface area (Å²) in [6.45, 7) is 4.02. The molecule has 23 heavy (non-hydrogen) atoms. The van der Waals surface area contributed by atoms with E-state index >= 15 is 0 Å². The van der Waals surface area contributed by atoms with Crippen molar-refractivity contribution in [2.24, 2.45) is 15.1 Å². The number of halogens is 1. The lowest BCUT2D eigenvalue weighted by atomic mass is 10.00. The van der Waals surface area contributed by atoms with E-state index in [9.17, 15) is 0 Å². The molecule has 1 aromatic carbocycles. The molecular formula is C16H17ClN5S+. The van der Waals surface area contributed by atoms with Crippen molar-refractivity contribution in [1.29, 1.82) is 0 Å². The Hall–Kier alpha value is -1.63. The van der Waals surface area contributed by atoms with E-state index in [-0.39, 0.29) is 4.11 Å². The second-order valence-electron chi connectivity index (χ2n) is 5.63. The number of aliphatic imine (C=N–C) groups is 2. The summed E-state index contributed by atoms with van der Waals surface area (Å²) < 4.78 is -0.204. The molecule has 4 rings (SSSR count). The van der Waals surface area contributed by atoms with Crippen LogP contribution in [0.3, 0.4) is 0 Å². The molecule has 3 aliphatic heterocycles. The lowest BCUT2D eigenvalue weighted by molar-refractivity contribution is -0.692. The van der Waals surface area contributed by atoms with Crippen LogP contribution in [-0.4, -0.2) is 52.1 Å². The third-order valence-corrected chi connectivity index (χ3v) is 5.57. The van der Waals surface area contributed by atoms with Crippen LogP contribution >= 0.6 is 23.5 Å². The van der Waals surface area contributed by atoms with Crippen molar-refractivity contribution in [1.82, 2.24) is 4.90 Å². The Labute approximate surface area is 144 Å². The Morgan fingerprint density at radius 2 is 2.00 bits per heavy atom. The Morgan fingerprint density at radius 3 is 2.78 bits per heavy atom. The molecule has 0 saturated carbocycles. The SMILES string of the molecule is Cc1ccccc1C1=C(N2CCSCC2)[N+]2(Cl)N=CN=C2N=C1. The molecule has 0 N–H and O–H groups in total. The minimum atomic E-state index is -0.204. The number of rotatable bonds is 2. The first kappa shape index (κ1) is 14.9. The van der Waals surface area contributed by atoms with E-state index in [2.05, 4.69) is 39.0 Å². The Bertz CT molecular complexity index is 763. The summed E-state index contributed by atoms with van der Waals surface area (Å²) in [7, 11) is 0. The van der Waals surface area contributed by atoms with Crippen LogP contribution in [0.15, 0.2) is 45.2 Å². The first-order valence-electron chi connectivity index (χ1n) is 7.59. The molecular weight excluding hydrogens is 330 g/mol. The second kappa shape index (κ2) is 5.78. The van der Waals surface area contributed by atoms with Crippen molar-refractivity contribution in [3.05, 3.63) is 41.2 Å². The third kappa shape index (κ3) is 2.41. The van der Waals surface area contributed by atoms with Gasteiger partial charge in [0.2, 0.25) is 11.8 Å². The van der Waals surface area contributed by atoms with Gasteiger partial charge in [0.05, 0.1) is 11.8 Å². The number of allylic oxidation sites excluding steroid dienone is 1. The molecule has 0 bridgehead atoms. The lowest BCUT2D eigenvalue weighted by Gasteiger charge is -2.35. The number of nitrogens with zero attached hydrogens (tertiary/aromatic N) is 5. The summed E-state index contributed by atoms with van der Waals surface area (Å²) in [6.07, 6.45) is 3.38. The smallest absolute Gasteiger partial charge is 0.322 e. The van der Waals surface area contributed by atoms with Gasteiger partial charge in [-0.3, -0.25) is 0 Å². The number of guanidine groups is 1. The molecule has 1 saturated heterocycles. The van der Waals surface area contributed by atoms with Crippen LogP contribution in [-0.2, 0) is 0 Å². The van der Waals surface area contributed by atoms with E-state index in [1.165, 1.54) is 11.9 Å². The second-order valence-corrected chi connectivity index (χ2v) is 7.34. The van der Waals surface area contributed by atoms with Gasteiger partial charge in [0.15, 0.2) is 6.34 Å². The van der Waals surface area contributed by atoms with E-state index in [0.717, 1.165) is 41.6 Å². The van der Waals surface area contributed by atoms with Crippen molar-refractivity contribution in [3.63, 3.8) is 0 Å². The average Bonchev–Trinajstić information content (AvgIpc) is 2.96. The summed E-state index contributed by atoms with van der Waals surface area (Å²) >= 11 is 8.83. The summed E-state index contributed by atoms with van der Waals surface area (Å²) in [5.41, 5.74) is 3.37. The van der Waals surface area contributed by atoms with Gasteiger partial charge in [0.1, 0.15) is 0 Å². The van der Waals surface area contributed by atoms with Gasteiger partial charge in [0.25, 0.3) is 5.82 Å². The minimum absolute atomic E-state index is 0.204. The van der Waals surface area contributed by atoms with E-state index in [4.69, 9.17) is 11.8 Å². The number of hydrogen-bond donors (Lipinski definition) is 0. The maximum atomic E-state index is 6.86. The number of benzene rings is 1. The van der Waals surface area contributed by atoms with Crippen molar-refractivity contribution in [2.75, 3.05) is 24.6 Å². The topological polar surface area (TPSA) is 40.3 Å². The van der Waals surface area contributed by atoms with Crippen LogP contribution in [0.4, 0.5) is 0 Å². The zero-order valence-corrected chi connectivity index (χ0v) is 14.4. The Kier molecular flexibility index (Phi) is 3.75. The van der Waals surface area contributed by atoms with Crippen molar-refractivity contribution in [2.45, 2.75) is 6.92 Å². The van der Waals surface area contributed by atoms with Gasteiger partial charge >= 0.3 is 5.96 Å². The highest BCUT2D eigenvalue weighted by atomic mass is 35.5. The highest BCUT2D eigenvalue weighted by molar-refractivity contribution is 7.99. The molecule has 118 valence electrons. The molecule has 1 unspecified atom stereocenters. The van der Waals surface area contributed by atoms with Crippen LogP contribution in [0, 0.1) is 6.92 Å². The zero-order chi connectivity index (χ0) is 15.9. The monoisotopic (exact) mass is 346 g/mol. The predicted molar refractivity (Wildman–Crippen MR) is 97.5 cm³/mol. The predicted octanol–water partition coefficient (Wildman–Crippen LogP) is 3.08. The number of aryl methyl sites for hydroxylation is 1. The van der Waals surface area contributed by atoms with Gasteiger partial charge in [-0.25, -0.2) is 0 Å². The largest absolute Gasteiger partial charge is 0.383 e. The van der Waals surface area contributed by atoms with Gasteiger partial charge in [-0.1, -0.05) is 24.3 Å². The standard InChI is InChI=1S/C16H17ClN5S/c1-12-4-2-3-5-13(12)14-10-18-16-19-11-20-22(16,17)15(14)21-6-8-23-9-7-21/h2-5,10-11H,6-9H2,1H3/q+1. The number of thioether (sulfide) groups is 1. The molecule has 1 atom stereocenters. The van der Waals surface area contributed by atoms with E-state index in [1.807, 2.05) is 30.1 Å². The molecule has 7 heteroatoms. The molecule has 0 radical (unpaired) electrons. The molecule has 3 aliphatic rings. The van der Waals surface area contributed by atoms with E-state index in [0.29, 0.717) is 5.96 Å². The van der Waals surface area contributed by atoms with E-state index in [1.54, 1.807) is 0 Å². The van der Waals surface area contributed by atoms with Crippen molar-refractivity contribution in [3.8, 4) is 0 Å². The van der Waals surface area contributed by atoms with Gasteiger partial charge in [-0.05, 0) is 23.2 Å². The molecule has 1 fully saturated rings. The van der Waals surface area contributed by atoms with Gasteiger partial charge in [-0.15, -0.1) is 0 Å². The Balaban J connectivity index is 1.92. The minimum Gasteiger partial charge on any atom is -0.322 e. The molecule has 0 aromatic heterocycles. The van der Waals surface area contributed by atoms with Crippen LogP contribution in [0.5, 0.6) is 0 Å². The van der Waals surface area contributed by atoms with Gasteiger partial charge in [0, 0.05) is 28.7 Å². The fraction of sp³-hybridized carbons (Fsp3) is 0.312. The van der Waals surface area contributed by atoms with Crippen molar-refractivity contribution >= 4 is 47.6 Å². The maximum Gasteiger partial charge on any atom is 0.383 e. The first-order valence-corrected chi connectivity index (χ1v) is 9.08. The van der Waals surface area contributed by atoms with Gasteiger partial charge < -0.3 is 4.90 Å². The fourth-order valence-corrected chi connectivity index (χ4v) is 4.30. The summed E-state index contributed by atoms with van der Waals surface area (Å²) in [5, 5.41) is 4.41. The van der Waals surface area contributed by atoms with Crippen LogP contribution in [0.1, 0.15) is 11.1 Å². The molecule has 0 amide bonds. The molecule has 0 spiro atoms. The molecule has 5 nitrogen and oxygen atoms in total. The first-order chi connectivity index (χ1) is 11.2. The average molecular weight is 347 g/mol. The zero-order valence-electron chi connectivity index (χ0n) is 12.8. The summed E-state index contributed by atoms with van der Waals surface area (Å²) in [6, 6.07) is 8.31. The molecule has 0 aliphatic carbocycles. The third-order valence-electron chi connectivity index (χ3n) is 4.23. The lowest BCUT2D eigenvalue weighted by Crippen LogP contribution is -2.48.